The highest BCUT2D eigenvalue weighted by atomic mass is 16.5. The Hall–Kier alpha value is -2.12. The molecule has 3 unspecified atom stereocenters. The van der Waals surface area contributed by atoms with Gasteiger partial charge in [-0.25, -0.2) is 0 Å². The highest BCUT2D eigenvalue weighted by Gasteiger charge is 2.34. The molecular weight excluding hydrogens is 480 g/mol. The van der Waals surface area contributed by atoms with Crippen molar-refractivity contribution in [3.05, 3.63) is 22.3 Å². The summed E-state index contributed by atoms with van der Waals surface area (Å²) in [6.45, 7) is 12.6. The molecule has 3 atom stereocenters. The molecule has 5 N–H and O–H groups in total. The molecule has 0 aromatic heterocycles. The van der Waals surface area contributed by atoms with Gasteiger partial charge in [0.1, 0.15) is 17.1 Å². The van der Waals surface area contributed by atoms with Crippen LogP contribution in [0.1, 0.15) is 120 Å². The molecule has 0 radical (unpaired) electrons. The third-order valence-corrected chi connectivity index (χ3v) is 8.11. The molecule has 38 heavy (non-hydrogen) atoms. The lowest BCUT2D eigenvalue weighted by Gasteiger charge is -2.38. The summed E-state index contributed by atoms with van der Waals surface area (Å²) >= 11 is 0. The van der Waals surface area contributed by atoms with Gasteiger partial charge in [-0.2, -0.15) is 0 Å². The van der Waals surface area contributed by atoms with Crippen LogP contribution in [0, 0.1) is 26.7 Å². The number of benzene rings is 1. The summed E-state index contributed by atoms with van der Waals surface area (Å²) in [5, 5.41) is 8.84. The molecule has 0 bridgehead atoms. The summed E-state index contributed by atoms with van der Waals surface area (Å²) in [5.74, 6) is 0.644. The van der Waals surface area contributed by atoms with E-state index in [2.05, 4.69) is 20.8 Å². The number of hydrogen-bond acceptors (Lipinski definition) is 6. The van der Waals surface area contributed by atoms with E-state index in [0.29, 0.717) is 11.8 Å². The number of aliphatic carboxylic acids is 1. The Morgan fingerprint density at radius 2 is 1.50 bits per heavy atom. The summed E-state index contributed by atoms with van der Waals surface area (Å²) in [6, 6.07) is 0.487. The van der Waals surface area contributed by atoms with E-state index in [9.17, 15) is 9.59 Å². The average Bonchev–Trinajstić information content (AvgIpc) is 2.83. The zero-order valence-electron chi connectivity index (χ0n) is 24.7. The van der Waals surface area contributed by atoms with Gasteiger partial charge in [-0.1, -0.05) is 33.1 Å². The molecule has 0 fully saturated rings. The summed E-state index contributed by atoms with van der Waals surface area (Å²) in [4.78, 5) is 23.0. The van der Waals surface area contributed by atoms with Gasteiger partial charge in [0.15, 0.2) is 0 Å². The van der Waals surface area contributed by atoms with Crippen LogP contribution in [0.2, 0.25) is 0 Å². The van der Waals surface area contributed by atoms with Crippen molar-refractivity contribution in [2.75, 3.05) is 0 Å². The average molecular weight is 533 g/mol. The van der Waals surface area contributed by atoms with Crippen molar-refractivity contribution in [2.45, 2.75) is 143 Å². The lowest BCUT2D eigenvalue weighted by atomic mass is 9.84. The highest BCUT2D eigenvalue weighted by molar-refractivity contribution is 5.79. The Labute approximate surface area is 230 Å². The molecule has 7 nitrogen and oxygen atoms in total. The number of nitrogens with two attached hydrogens (primary N) is 2. The van der Waals surface area contributed by atoms with Gasteiger partial charge in [0.25, 0.3) is 0 Å². The number of hydrogen-bond donors (Lipinski definition) is 3. The van der Waals surface area contributed by atoms with Crippen molar-refractivity contribution >= 4 is 11.9 Å². The quantitative estimate of drug-likeness (QED) is 0.169. The molecule has 1 aliphatic rings. The molecule has 0 amide bonds. The van der Waals surface area contributed by atoms with Gasteiger partial charge < -0.3 is 26.0 Å². The zero-order chi connectivity index (χ0) is 28.5. The second-order valence-electron chi connectivity index (χ2n) is 12.1. The summed E-state index contributed by atoms with van der Waals surface area (Å²) in [7, 11) is 0. The number of carboxylic acids is 1. The van der Waals surface area contributed by atoms with Crippen LogP contribution in [0.3, 0.4) is 0 Å². The summed E-state index contributed by atoms with van der Waals surface area (Å²) in [6.07, 6.45) is 11.0. The SMILES string of the molecule is Cc1c(C)c2c(c(C)c1OC(=O)CCC(=O)O)CCC(C)(CCCC(N)CCCC(N)CCCC(C)C)O2. The molecule has 1 heterocycles. The second kappa shape index (κ2) is 14.9. The zero-order valence-corrected chi connectivity index (χ0v) is 24.7. The number of ether oxygens (including phenoxy) is 2. The number of carbonyl (C=O) groups is 2. The molecule has 0 saturated heterocycles. The number of carboxylic acid groups (broad SMARTS) is 1. The first-order valence-corrected chi connectivity index (χ1v) is 14.6. The molecule has 1 aromatic carbocycles. The topological polar surface area (TPSA) is 125 Å². The van der Waals surface area contributed by atoms with Crippen molar-refractivity contribution in [2.24, 2.45) is 17.4 Å². The predicted molar refractivity (Wildman–Crippen MR) is 153 cm³/mol. The van der Waals surface area contributed by atoms with E-state index in [1.807, 2.05) is 20.8 Å². The van der Waals surface area contributed by atoms with Gasteiger partial charge in [0.05, 0.1) is 12.8 Å². The van der Waals surface area contributed by atoms with E-state index in [1.165, 1.54) is 12.8 Å². The third kappa shape index (κ3) is 9.88. The van der Waals surface area contributed by atoms with Crippen molar-refractivity contribution in [1.82, 2.24) is 0 Å². The van der Waals surface area contributed by atoms with Gasteiger partial charge in [0.2, 0.25) is 0 Å². The molecule has 0 spiro atoms. The van der Waals surface area contributed by atoms with Crippen LogP contribution in [0.15, 0.2) is 0 Å². The van der Waals surface area contributed by atoms with Crippen LogP contribution in [-0.2, 0) is 16.0 Å². The summed E-state index contributed by atoms with van der Waals surface area (Å²) in [5.41, 5.74) is 16.3. The van der Waals surface area contributed by atoms with E-state index in [4.69, 9.17) is 26.0 Å². The molecule has 2 rings (SSSR count). The maximum Gasteiger partial charge on any atom is 0.311 e. The third-order valence-electron chi connectivity index (χ3n) is 8.11. The maximum atomic E-state index is 12.2. The predicted octanol–water partition coefficient (Wildman–Crippen LogP) is 6.29. The first-order chi connectivity index (χ1) is 17.8. The normalized spacial score (nSPS) is 18.6. The molecule has 216 valence electrons. The van der Waals surface area contributed by atoms with Crippen LogP contribution >= 0.6 is 0 Å². The number of esters is 1. The first-order valence-electron chi connectivity index (χ1n) is 14.6. The fraction of sp³-hybridized carbons (Fsp3) is 0.742. The van der Waals surface area contributed by atoms with Gasteiger partial charge in [-0.3, -0.25) is 9.59 Å². The first kappa shape index (κ1) is 32.1. The molecule has 0 saturated carbocycles. The minimum atomic E-state index is -1.01. The Morgan fingerprint density at radius 3 is 2.08 bits per heavy atom. The van der Waals surface area contributed by atoms with Crippen LogP contribution in [0.4, 0.5) is 0 Å². The van der Waals surface area contributed by atoms with Gasteiger partial charge >= 0.3 is 11.9 Å². The number of fused-ring (bicyclic) bond motifs is 1. The minimum absolute atomic E-state index is 0.147. The van der Waals surface area contributed by atoms with Gasteiger partial charge in [0, 0.05) is 17.6 Å². The minimum Gasteiger partial charge on any atom is -0.487 e. The van der Waals surface area contributed by atoms with Crippen LogP contribution in [0.5, 0.6) is 11.5 Å². The molecule has 0 aliphatic carbocycles. The van der Waals surface area contributed by atoms with E-state index in [0.717, 1.165) is 91.7 Å². The fourth-order valence-corrected chi connectivity index (χ4v) is 5.44. The molecule has 1 aliphatic heterocycles. The van der Waals surface area contributed by atoms with Crippen molar-refractivity contribution in [1.29, 1.82) is 0 Å². The van der Waals surface area contributed by atoms with Gasteiger partial charge in [-0.15, -0.1) is 0 Å². The fourth-order valence-electron chi connectivity index (χ4n) is 5.44. The van der Waals surface area contributed by atoms with Crippen molar-refractivity contribution in [3.63, 3.8) is 0 Å². The van der Waals surface area contributed by atoms with E-state index in [1.54, 1.807) is 0 Å². The standard InChI is InChI=1S/C31H52N2O5/c1-20(2)10-7-11-24(32)12-8-13-25(33)14-9-18-31(6)19-17-26-23(5)29(21(3)22(4)30(26)38-31)37-28(36)16-15-27(34)35/h20,24-25H,7-19,32-33H2,1-6H3,(H,34,35). The lowest BCUT2D eigenvalue weighted by Crippen LogP contribution is -2.37. The highest BCUT2D eigenvalue weighted by Crippen LogP contribution is 2.45. The number of rotatable bonds is 16. The number of carbonyl (C=O) groups excluding carboxylic acids is 1. The molecule has 7 heteroatoms. The Bertz CT molecular complexity index is 945. The Balaban J connectivity index is 1.87. The second-order valence-corrected chi connectivity index (χ2v) is 12.1. The van der Waals surface area contributed by atoms with E-state index < -0.39 is 11.9 Å². The molecular formula is C31H52N2O5. The van der Waals surface area contributed by atoms with Crippen LogP contribution < -0.4 is 20.9 Å². The largest absolute Gasteiger partial charge is 0.487 e. The Morgan fingerprint density at radius 1 is 0.921 bits per heavy atom. The maximum absolute atomic E-state index is 12.2. The van der Waals surface area contributed by atoms with Crippen LogP contribution in [0.25, 0.3) is 0 Å². The lowest BCUT2D eigenvalue weighted by molar-refractivity contribution is -0.142. The van der Waals surface area contributed by atoms with Crippen LogP contribution in [-0.4, -0.2) is 34.7 Å². The van der Waals surface area contributed by atoms with Crippen molar-refractivity contribution < 1.29 is 24.2 Å². The van der Waals surface area contributed by atoms with Crippen molar-refractivity contribution in [3.8, 4) is 11.5 Å². The summed E-state index contributed by atoms with van der Waals surface area (Å²) < 4.78 is 12.2. The monoisotopic (exact) mass is 532 g/mol. The van der Waals surface area contributed by atoms with Gasteiger partial charge in [-0.05, 0) is 102 Å². The van der Waals surface area contributed by atoms with E-state index >= 15 is 0 Å². The smallest absolute Gasteiger partial charge is 0.311 e. The molecule has 1 aromatic rings. The Kier molecular flexibility index (Phi) is 12.6. The van der Waals surface area contributed by atoms with E-state index in [-0.39, 0.29) is 24.5 Å².